The number of hydrogen-bond acceptors (Lipinski definition) is 5. The van der Waals surface area contributed by atoms with Crippen molar-refractivity contribution < 1.29 is 19.1 Å². The fraction of sp³-hybridized carbons (Fsp3) is 0.529. The van der Waals surface area contributed by atoms with E-state index in [9.17, 15) is 9.59 Å². The third-order valence-electron chi connectivity index (χ3n) is 4.51. The van der Waals surface area contributed by atoms with Crippen LogP contribution in [-0.4, -0.2) is 80.7 Å². The molecule has 25 heavy (non-hydrogen) atoms. The van der Waals surface area contributed by atoms with Crippen LogP contribution in [-0.2, 0) is 9.53 Å². The van der Waals surface area contributed by atoms with Gasteiger partial charge in [0.05, 0.1) is 25.3 Å². The number of amides is 2. The van der Waals surface area contributed by atoms with Crippen molar-refractivity contribution in [3.8, 4) is 5.75 Å². The summed E-state index contributed by atoms with van der Waals surface area (Å²) in [7, 11) is 1.52. The average Bonchev–Trinajstić information content (AvgIpc) is 2.67. The first-order chi connectivity index (χ1) is 12.1. The summed E-state index contributed by atoms with van der Waals surface area (Å²) < 4.78 is 10.4. The van der Waals surface area contributed by atoms with Crippen molar-refractivity contribution in [1.82, 2.24) is 15.1 Å². The Hall–Kier alpha value is -1.83. The molecule has 1 N–H and O–H groups in total. The molecule has 8 heteroatoms. The molecular formula is C17H22ClN3O4. The first kappa shape index (κ1) is 18.0. The lowest BCUT2D eigenvalue weighted by Gasteiger charge is -2.39. The van der Waals surface area contributed by atoms with Crippen molar-refractivity contribution >= 4 is 23.4 Å². The second-order valence-corrected chi connectivity index (χ2v) is 6.41. The lowest BCUT2D eigenvalue weighted by atomic mass is 10.1. The van der Waals surface area contributed by atoms with Crippen LogP contribution in [0.3, 0.4) is 0 Å². The molecule has 2 aliphatic heterocycles. The standard InChI is InChI=1S/C17H22ClN3O4/c1-24-15-3-2-12(10-13(15)18)16(22)21-5-4-19-11-14(21)17(23)20-6-8-25-9-7-20/h2-3,10,14,19H,4-9,11H2,1H3. The van der Waals surface area contributed by atoms with E-state index >= 15 is 0 Å². The van der Waals surface area contributed by atoms with E-state index in [0.29, 0.717) is 62.3 Å². The summed E-state index contributed by atoms with van der Waals surface area (Å²) in [5, 5.41) is 3.58. The van der Waals surface area contributed by atoms with Gasteiger partial charge in [-0.3, -0.25) is 9.59 Å². The number of nitrogens with one attached hydrogen (secondary N) is 1. The van der Waals surface area contributed by atoms with Crippen molar-refractivity contribution in [3.63, 3.8) is 0 Å². The number of ether oxygens (including phenoxy) is 2. The van der Waals surface area contributed by atoms with Crippen LogP contribution in [0, 0.1) is 0 Å². The van der Waals surface area contributed by atoms with Crippen LogP contribution < -0.4 is 10.1 Å². The van der Waals surface area contributed by atoms with Crippen molar-refractivity contribution in [3.05, 3.63) is 28.8 Å². The summed E-state index contributed by atoms with van der Waals surface area (Å²) in [4.78, 5) is 29.2. The van der Waals surface area contributed by atoms with Crippen molar-refractivity contribution in [1.29, 1.82) is 0 Å². The highest BCUT2D eigenvalue weighted by Gasteiger charge is 2.35. The molecule has 0 aromatic heterocycles. The minimum absolute atomic E-state index is 0.0385. The minimum Gasteiger partial charge on any atom is -0.495 e. The molecule has 2 saturated heterocycles. The van der Waals surface area contributed by atoms with E-state index in [0.717, 1.165) is 0 Å². The molecule has 2 amide bonds. The number of piperazine rings is 1. The maximum absolute atomic E-state index is 13.0. The number of halogens is 1. The first-order valence-electron chi connectivity index (χ1n) is 8.33. The van der Waals surface area contributed by atoms with Gasteiger partial charge in [-0.1, -0.05) is 11.6 Å². The molecule has 0 spiro atoms. The van der Waals surface area contributed by atoms with Crippen LogP contribution in [0.1, 0.15) is 10.4 Å². The monoisotopic (exact) mass is 367 g/mol. The molecule has 0 saturated carbocycles. The van der Waals surface area contributed by atoms with Gasteiger partial charge in [0.25, 0.3) is 5.91 Å². The summed E-state index contributed by atoms with van der Waals surface area (Å²) in [5.41, 5.74) is 0.451. The Balaban J connectivity index is 1.78. The van der Waals surface area contributed by atoms with Crippen molar-refractivity contribution in [2.75, 3.05) is 53.0 Å². The Bertz CT molecular complexity index is 649. The summed E-state index contributed by atoms with van der Waals surface area (Å²) >= 11 is 6.14. The highest BCUT2D eigenvalue weighted by molar-refractivity contribution is 6.32. The van der Waals surface area contributed by atoms with Crippen LogP contribution in [0.15, 0.2) is 18.2 Å². The van der Waals surface area contributed by atoms with Gasteiger partial charge in [-0.15, -0.1) is 0 Å². The number of methoxy groups -OCH3 is 1. The molecule has 3 rings (SSSR count). The smallest absolute Gasteiger partial charge is 0.254 e. The summed E-state index contributed by atoms with van der Waals surface area (Å²) in [6.45, 7) is 3.77. The van der Waals surface area contributed by atoms with Gasteiger partial charge in [0, 0.05) is 38.3 Å². The zero-order valence-corrected chi connectivity index (χ0v) is 14.9. The molecule has 0 radical (unpaired) electrons. The van der Waals surface area contributed by atoms with E-state index in [1.54, 1.807) is 28.0 Å². The highest BCUT2D eigenvalue weighted by Crippen LogP contribution is 2.26. The highest BCUT2D eigenvalue weighted by atomic mass is 35.5. The maximum atomic E-state index is 13.0. The van der Waals surface area contributed by atoms with Gasteiger partial charge in [-0.2, -0.15) is 0 Å². The molecule has 0 aliphatic carbocycles. The average molecular weight is 368 g/mol. The topological polar surface area (TPSA) is 71.1 Å². The fourth-order valence-electron chi connectivity index (χ4n) is 3.13. The van der Waals surface area contributed by atoms with Crippen LogP contribution in [0.25, 0.3) is 0 Å². The van der Waals surface area contributed by atoms with E-state index in [2.05, 4.69) is 5.32 Å². The number of morpholine rings is 1. The van der Waals surface area contributed by atoms with Crippen LogP contribution in [0.5, 0.6) is 5.75 Å². The van der Waals surface area contributed by atoms with E-state index in [1.165, 1.54) is 7.11 Å². The van der Waals surface area contributed by atoms with Crippen molar-refractivity contribution in [2.24, 2.45) is 0 Å². The van der Waals surface area contributed by atoms with Gasteiger partial charge in [0.15, 0.2) is 0 Å². The third-order valence-corrected chi connectivity index (χ3v) is 4.81. The number of carbonyl (C=O) groups is 2. The minimum atomic E-state index is -0.514. The molecule has 7 nitrogen and oxygen atoms in total. The number of hydrogen-bond donors (Lipinski definition) is 1. The molecule has 2 fully saturated rings. The Morgan fingerprint density at radius 3 is 2.72 bits per heavy atom. The predicted octanol–water partition coefficient (Wildman–Crippen LogP) is 0.621. The number of rotatable bonds is 3. The van der Waals surface area contributed by atoms with Crippen LogP contribution in [0.4, 0.5) is 0 Å². The summed E-state index contributed by atoms with van der Waals surface area (Å²) in [6, 6.07) is 4.41. The van der Waals surface area contributed by atoms with Gasteiger partial charge in [-0.05, 0) is 18.2 Å². The number of benzene rings is 1. The fourth-order valence-corrected chi connectivity index (χ4v) is 3.39. The van der Waals surface area contributed by atoms with Gasteiger partial charge in [0.1, 0.15) is 11.8 Å². The molecule has 136 valence electrons. The number of carbonyl (C=O) groups excluding carboxylic acids is 2. The molecule has 1 aromatic carbocycles. The largest absolute Gasteiger partial charge is 0.495 e. The molecule has 1 unspecified atom stereocenters. The SMILES string of the molecule is COc1ccc(C(=O)N2CCNCC2C(=O)N2CCOCC2)cc1Cl. The zero-order chi connectivity index (χ0) is 17.8. The normalized spacial score (nSPS) is 21.1. The van der Waals surface area contributed by atoms with Crippen molar-refractivity contribution in [2.45, 2.75) is 6.04 Å². The maximum Gasteiger partial charge on any atom is 0.254 e. The van der Waals surface area contributed by atoms with Crippen LogP contribution in [0.2, 0.25) is 5.02 Å². The molecule has 0 bridgehead atoms. The Morgan fingerprint density at radius 1 is 1.28 bits per heavy atom. The van der Waals surface area contributed by atoms with E-state index < -0.39 is 6.04 Å². The Labute approximate surface area is 151 Å². The lowest BCUT2D eigenvalue weighted by Crippen LogP contribution is -2.61. The van der Waals surface area contributed by atoms with E-state index in [1.807, 2.05) is 0 Å². The van der Waals surface area contributed by atoms with Crippen LogP contribution >= 0.6 is 11.6 Å². The molecular weight excluding hydrogens is 346 g/mol. The second kappa shape index (κ2) is 8.03. The first-order valence-corrected chi connectivity index (χ1v) is 8.71. The molecule has 2 aliphatic rings. The van der Waals surface area contributed by atoms with E-state index in [-0.39, 0.29) is 11.8 Å². The van der Waals surface area contributed by atoms with Gasteiger partial charge in [-0.25, -0.2) is 0 Å². The Kier molecular flexibility index (Phi) is 5.78. The third kappa shape index (κ3) is 3.89. The van der Waals surface area contributed by atoms with Gasteiger partial charge >= 0.3 is 0 Å². The molecule has 2 heterocycles. The molecule has 1 atom stereocenters. The lowest BCUT2D eigenvalue weighted by molar-refractivity contribution is -0.140. The quantitative estimate of drug-likeness (QED) is 0.848. The zero-order valence-electron chi connectivity index (χ0n) is 14.2. The summed E-state index contributed by atoms with van der Waals surface area (Å²) in [6.07, 6.45) is 0. The van der Waals surface area contributed by atoms with E-state index in [4.69, 9.17) is 21.1 Å². The molecule has 1 aromatic rings. The Morgan fingerprint density at radius 2 is 2.04 bits per heavy atom. The van der Waals surface area contributed by atoms with Gasteiger partial charge in [0.2, 0.25) is 5.91 Å². The summed E-state index contributed by atoms with van der Waals surface area (Å²) in [5.74, 6) is 0.278. The second-order valence-electron chi connectivity index (χ2n) is 6.01. The van der Waals surface area contributed by atoms with Gasteiger partial charge < -0.3 is 24.6 Å². The predicted molar refractivity (Wildman–Crippen MR) is 93.1 cm³/mol. The number of nitrogens with zero attached hydrogens (tertiary/aromatic N) is 2.